The van der Waals surface area contributed by atoms with E-state index in [-0.39, 0.29) is 11.5 Å². The Morgan fingerprint density at radius 1 is 1.26 bits per heavy atom. The van der Waals surface area contributed by atoms with Gasteiger partial charge in [-0.05, 0) is 36.4 Å². The van der Waals surface area contributed by atoms with E-state index in [9.17, 15) is 9.59 Å². The van der Waals surface area contributed by atoms with E-state index >= 15 is 0 Å². The number of hydrogen-bond donors (Lipinski definition) is 1. The second kappa shape index (κ2) is 7.80. The average molecular weight is 312 g/mol. The SMILES string of the molecule is CC(CC#N)COc1ccc(OC(=O)c2ccc[nH]c2=O)cc1. The fourth-order valence-corrected chi connectivity index (χ4v) is 1.80. The molecule has 0 amide bonds. The van der Waals surface area contributed by atoms with Crippen LogP contribution in [0.25, 0.3) is 0 Å². The largest absolute Gasteiger partial charge is 0.493 e. The van der Waals surface area contributed by atoms with Crippen LogP contribution in [0.5, 0.6) is 11.5 Å². The molecule has 0 aliphatic carbocycles. The lowest BCUT2D eigenvalue weighted by Crippen LogP contribution is -2.20. The van der Waals surface area contributed by atoms with E-state index in [1.165, 1.54) is 12.3 Å². The quantitative estimate of drug-likeness (QED) is 0.653. The summed E-state index contributed by atoms with van der Waals surface area (Å²) in [5.41, 5.74) is -0.554. The van der Waals surface area contributed by atoms with Crippen molar-refractivity contribution < 1.29 is 14.3 Å². The van der Waals surface area contributed by atoms with Gasteiger partial charge in [-0.2, -0.15) is 5.26 Å². The highest BCUT2D eigenvalue weighted by molar-refractivity contribution is 5.90. The molecule has 0 radical (unpaired) electrons. The lowest BCUT2D eigenvalue weighted by Gasteiger charge is -2.10. The van der Waals surface area contributed by atoms with Gasteiger partial charge in [0.15, 0.2) is 0 Å². The number of rotatable bonds is 6. The maximum atomic E-state index is 11.9. The second-order valence-corrected chi connectivity index (χ2v) is 5.05. The molecule has 2 aromatic rings. The molecule has 1 N–H and O–H groups in total. The van der Waals surface area contributed by atoms with E-state index in [1.54, 1.807) is 30.3 Å². The van der Waals surface area contributed by atoms with Crippen molar-refractivity contribution in [3.05, 3.63) is 58.5 Å². The van der Waals surface area contributed by atoms with Gasteiger partial charge in [0.25, 0.3) is 5.56 Å². The zero-order valence-corrected chi connectivity index (χ0v) is 12.6. The molecule has 6 nitrogen and oxygen atoms in total. The monoisotopic (exact) mass is 312 g/mol. The number of nitrogens with zero attached hydrogens (tertiary/aromatic N) is 1. The van der Waals surface area contributed by atoms with Gasteiger partial charge >= 0.3 is 5.97 Å². The number of pyridine rings is 1. The van der Waals surface area contributed by atoms with Crippen molar-refractivity contribution in [2.45, 2.75) is 13.3 Å². The van der Waals surface area contributed by atoms with Crippen LogP contribution >= 0.6 is 0 Å². The molecular formula is C17H16N2O4. The fourth-order valence-electron chi connectivity index (χ4n) is 1.80. The van der Waals surface area contributed by atoms with Crippen molar-refractivity contribution >= 4 is 5.97 Å². The summed E-state index contributed by atoms with van der Waals surface area (Å²) < 4.78 is 10.7. The number of benzene rings is 1. The topological polar surface area (TPSA) is 92.2 Å². The number of ether oxygens (including phenoxy) is 2. The van der Waals surface area contributed by atoms with Gasteiger partial charge in [0.05, 0.1) is 12.7 Å². The molecule has 1 heterocycles. The Bertz CT molecular complexity index is 759. The highest BCUT2D eigenvalue weighted by Crippen LogP contribution is 2.19. The highest BCUT2D eigenvalue weighted by Gasteiger charge is 2.12. The Balaban J connectivity index is 1.95. The molecule has 1 aromatic carbocycles. The van der Waals surface area contributed by atoms with Crippen LogP contribution in [-0.4, -0.2) is 17.6 Å². The first-order valence-corrected chi connectivity index (χ1v) is 7.10. The number of H-pyrrole nitrogens is 1. The Kier molecular flexibility index (Phi) is 5.53. The number of carbonyl (C=O) groups excluding carboxylic acids is 1. The van der Waals surface area contributed by atoms with Gasteiger partial charge < -0.3 is 14.5 Å². The van der Waals surface area contributed by atoms with Crippen LogP contribution in [0.2, 0.25) is 0 Å². The molecule has 0 aliphatic rings. The Morgan fingerprint density at radius 2 is 1.96 bits per heavy atom. The van der Waals surface area contributed by atoms with E-state index < -0.39 is 11.5 Å². The number of hydrogen-bond acceptors (Lipinski definition) is 5. The lowest BCUT2D eigenvalue weighted by molar-refractivity contribution is 0.0732. The standard InChI is InChI=1S/C17H16N2O4/c1-12(8-9-18)11-22-13-4-6-14(7-5-13)23-17(21)15-3-2-10-19-16(15)20/h2-7,10,12H,8,11H2,1H3,(H,19,20). The smallest absolute Gasteiger partial charge is 0.349 e. The Morgan fingerprint density at radius 3 is 2.61 bits per heavy atom. The number of nitrogens with one attached hydrogen (secondary N) is 1. The van der Waals surface area contributed by atoms with Gasteiger partial charge in [-0.15, -0.1) is 0 Å². The van der Waals surface area contributed by atoms with Crippen LogP contribution in [0.1, 0.15) is 23.7 Å². The highest BCUT2D eigenvalue weighted by atomic mass is 16.5. The van der Waals surface area contributed by atoms with Gasteiger partial charge in [-0.3, -0.25) is 4.79 Å². The van der Waals surface area contributed by atoms with Crippen LogP contribution in [-0.2, 0) is 0 Å². The van der Waals surface area contributed by atoms with Crippen molar-refractivity contribution in [2.75, 3.05) is 6.61 Å². The van der Waals surface area contributed by atoms with Gasteiger partial charge in [0.2, 0.25) is 0 Å². The summed E-state index contributed by atoms with van der Waals surface area (Å²) >= 11 is 0. The maximum absolute atomic E-state index is 11.9. The summed E-state index contributed by atoms with van der Waals surface area (Å²) in [5.74, 6) is 0.355. The first-order valence-electron chi connectivity index (χ1n) is 7.10. The summed E-state index contributed by atoms with van der Waals surface area (Å²) in [5, 5.41) is 8.59. The first-order chi connectivity index (χ1) is 11.1. The number of esters is 1. The molecule has 23 heavy (non-hydrogen) atoms. The summed E-state index contributed by atoms with van der Waals surface area (Å²) in [6.07, 6.45) is 1.87. The molecule has 1 unspecified atom stereocenters. The molecule has 0 bridgehead atoms. The van der Waals surface area contributed by atoms with Crippen LogP contribution in [0.15, 0.2) is 47.4 Å². The zero-order chi connectivity index (χ0) is 16.7. The third kappa shape index (κ3) is 4.71. The van der Waals surface area contributed by atoms with E-state index in [0.29, 0.717) is 24.5 Å². The molecule has 0 fully saturated rings. The maximum Gasteiger partial charge on any atom is 0.349 e. The summed E-state index contributed by atoms with van der Waals surface area (Å²) in [6, 6.07) is 11.5. The van der Waals surface area contributed by atoms with Crippen molar-refractivity contribution in [2.24, 2.45) is 5.92 Å². The van der Waals surface area contributed by atoms with E-state index in [1.807, 2.05) is 6.92 Å². The molecular weight excluding hydrogens is 296 g/mol. The Labute approximate surface area is 133 Å². The minimum atomic E-state index is -0.719. The summed E-state index contributed by atoms with van der Waals surface area (Å²) in [7, 11) is 0. The zero-order valence-electron chi connectivity index (χ0n) is 12.6. The molecule has 0 spiro atoms. The van der Waals surface area contributed by atoms with E-state index in [4.69, 9.17) is 14.7 Å². The van der Waals surface area contributed by atoms with Crippen molar-refractivity contribution in [3.8, 4) is 17.6 Å². The van der Waals surface area contributed by atoms with Crippen LogP contribution in [0, 0.1) is 17.2 Å². The molecule has 0 aliphatic heterocycles. The predicted octanol–water partition coefficient (Wildman–Crippen LogP) is 2.52. The van der Waals surface area contributed by atoms with E-state index in [2.05, 4.69) is 11.1 Å². The molecule has 2 rings (SSSR count). The minimum Gasteiger partial charge on any atom is -0.493 e. The lowest BCUT2D eigenvalue weighted by atomic mass is 10.1. The molecule has 118 valence electrons. The molecule has 6 heteroatoms. The third-order valence-electron chi connectivity index (χ3n) is 3.05. The molecule has 0 saturated heterocycles. The first kappa shape index (κ1) is 16.3. The van der Waals surface area contributed by atoms with Crippen LogP contribution < -0.4 is 15.0 Å². The van der Waals surface area contributed by atoms with Gasteiger partial charge in [0, 0.05) is 18.5 Å². The second-order valence-electron chi connectivity index (χ2n) is 5.05. The molecule has 1 atom stereocenters. The molecule has 0 saturated carbocycles. The third-order valence-corrected chi connectivity index (χ3v) is 3.05. The molecule has 1 aromatic heterocycles. The van der Waals surface area contributed by atoms with Crippen LogP contribution in [0.3, 0.4) is 0 Å². The number of carbonyl (C=O) groups is 1. The van der Waals surface area contributed by atoms with Gasteiger partial charge in [-0.1, -0.05) is 6.92 Å². The van der Waals surface area contributed by atoms with Crippen molar-refractivity contribution in [1.82, 2.24) is 4.98 Å². The average Bonchev–Trinajstić information content (AvgIpc) is 2.55. The minimum absolute atomic E-state index is 0.0573. The van der Waals surface area contributed by atoms with Crippen LogP contribution in [0.4, 0.5) is 0 Å². The number of aromatic amines is 1. The summed E-state index contributed by atoms with van der Waals surface area (Å²) in [6.45, 7) is 2.36. The number of aromatic nitrogens is 1. The van der Waals surface area contributed by atoms with Gasteiger partial charge in [0.1, 0.15) is 17.1 Å². The fraction of sp³-hybridized carbons (Fsp3) is 0.235. The van der Waals surface area contributed by atoms with E-state index in [0.717, 1.165) is 0 Å². The number of nitriles is 1. The van der Waals surface area contributed by atoms with Crippen molar-refractivity contribution in [3.63, 3.8) is 0 Å². The summed E-state index contributed by atoms with van der Waals surface area (Å²) in [4.78, 5) is 25.8. The normalized spacial score (nSPS) is 11.3. The van der Waals surface area contributed by atoms with Crippen molar-refractivity contribution in [1.29, 1.82) is 5.26 Å². The van der Waals surface area contributed by atoms with Gasteiger partial charge in [-0.25, -0.2) is 4.79 Å². The predicted molar refractivity (Wildman–Crippen MR) is 83.4 cm³/mol. The Hall–Kier alpha value is -3.07.